The quantitative estimate of drug-likeness (QED) is 0.643. The lowest BCUT2D eigenvalue weighted by Crippen LogP contribution is -2.33. The van der Waals surface area contributed by atoms with Crippen LogP contribution >= 0.6 is 0 Å². The fraction of sp³-hybridized carbons (Fsp3) is 0.333. The summed E-state index contributed by atoms with van der Waals surface area (Å²) in [4.78, 5) is 37.2. The van der Waals surface area contributed by atoms with Gasteiger partial charge < -0.3 is 10.2 Å². The van der Waals surface area contributed by atoms with Gasteiger partial charge in [-0.2, -0.15) is 0 Å². The first-order chi connectivity index (χ1) is 13.5. The first-order valence-corrected chi connectivity index (χ1v) is 9.53. The molecule has 2 aromatic rings. The maximum Gasteiger partial charge on any atom is 0.269 e. The van der Waals surface area contributed by atoms with Crippen molar-refractivity contribution in [1.82, 2.24) is 0 Å². The summed E-state index contributed by atoms with van der Waals surface area (Å²) in [7, 11) is 0. The van der Waals surface area contributed by atoms with E-state index in [0.29, 0.717) is 17.8 Å². The number of carbonyl (C=O) groups excluding carboxylic acids is 2. The van der Waals surface area contributed by atoms with E-state index in [2.05, 4.69) is 5.32 Å². The minimum absolute atomic E-state index is 0.0545. The van der Waals surface area contributed by atoms with Gasteiger partial charge in [0.15, 0.2) is 0 Å². The number of carbonyl (C=O) groups is 2. The Labute approximate surface area is 162 Å². The topological polar surface area (TPSA) is 92.6 Å². The van der Waals surface area contributed by atoms with Crippen molar-refractivity contribution in [2.75, 3.05) is 16.8 Å². The van der Waals surface area contributed by atoms with Crippen molar-refractivity contribution in [2.24, 2.45) is 5.92 Å². The van der Waals surface area contributed by atoms with Crippen molar-refractivity contribution in [3.63, 3.8) is 0 Å². The molecule has 7 heteroatoms. The highest BCUT2D eigenvalue weighted by Gasteiger charge is 2.31. The van der Waals surface area contributed by atoms with E-state index in [9.17, 15) is 19.7 Å². The molecule has 1 N–H and O–H groups in total. The highest BCUT2D eigenvalue weighted by atomic mass is 16.6. The van der Waals surface area contributed by atoms with Gasteiger partial charge in [0.1, 0.15) is 0 Å². The van der Waals surface area contributed by atoms with Crippen molar-refractivity contribution in [3.8, 4) is 0 Å². The molecule has 1 heterocycles. The highest BCUT2D eigenvalue weighted by molar-refractivity contribution is 6.05. The van der Waals surface area contributed by atoms with E-state index in [1.807, 2.05) is 17.0 Å². The van der Waals surface area contributed by atoms with E-state index in [4.69, 9.17) is 0 Å². The average Bonchev–Trinajstić information content (AvgIpc) is 3.37. The van der Waals surface area contributed by atoms with Crippen molar-refractivity contribution < 1.29 is 14.5 Å². The predicted octanol–water partition coefficient (Wildman–Crippen LogP) is 3.93. The Morgan fingerprint density at radius 3 is 2.46 bits per heavy atom. The number of nitrogens with zero attached hydrogens (tertiary/aromatic N) is 2. The second kappa shape index (κ2) is 7.42. The first kappa shape index (κ1) is 18.2. The molecule has 1 fully saturated rings. The summed E-state index contributed by atoms with van der Waals surface area (Å²) in [6.45, 7) is 0.685. The van der Waals surface area contributed by atoms with E-state index >= 15 is 0 Å². The molecule has 7 nitrogen and oxygen atoms in total. The van der Waals surface area contributed by atoms with Gasteiger partial charge in [-0.3, -0.25) is 19.7 Å². The number of anilines is 2. The second-order valence-electron chi connectivity index (χ2n) is 7.32. The molecule has 28 heavy (non-hydrogen) atoms. The van der Waals surface area contributed by atoms with E-state index < -0.39 is 4.92 Å². The second-order valence-corrected chi connectivity index (χ2v) is 7.32. The molecular formula is C21H21N3O4. The smallest absolute Gasteiger partial charge is 0.269 e. The van der Waals surface area contributed by atoms with Crippen LogP contribution in [0.2, 0.25) is 0 Å². The van der Waals surface area contributed by atoms with E-state index in [1.54, 1.807) is 6.07 Å². The monoisotopic (exact) mass is 379 g/mol. The molecule has 4 rings (SSSR count). The maximum atomic E-state index is 12.7. The van der Waals surface area contributed by atoms with Crippen LogP contribution in [0.25, 0.3) is 0 Å². The Morgan fingerprint density at radius 1 is 1.07 bits per heavy atom. The molecule has 2 aromatic carbocycles. The largest absolute Gasteiger partial charge is 0.322 e. The van der Waals surface area contributed by atoms with E-state index in [-0.39, 0.29) is 23.4 Å². The minimum Gasteiger partial charge on any atom is -0.322 e. The fourth-order valence-electron chi connectivity index (χ4n) is 4.04. The number of non-ortho nitro benzene ring substituents is 1. The van der Waals surface area contributed by atoms with Crippen LogP contribution < -0.4 is 10.2 Å². The third kappa shape index (κ3) is 3.47. The summed E-state index contributed by atoms with van der Waals surface area (Å²) < 4.78 is 0. The first-order valence-electron chi connectivity index (χ1n) is 9.53. The molecule has 0 aromatic heterocycles. The van der Waals surface area contributed by atoms with Crippen LogP contribution in [0.3, 0.4) is 0 Å². The number of nitro groups is 1. The molecule has 2 aliphatic rings. The van der Waals surface area contributed by atoms with Crippen LogP contribution in [0.15, 0.2) is 42.5 Å². The zero-order chi connectivity index (χ0) is 19.7. The number of fused-ring (bicyclic) bond motifs is 1. The van der Waals surface area contributed by atoms with Gasteiger partial charge in [-0.05, 0) is 55.2 Å². The van der Waals surface area contributed by atoms with Crippen LogP contribution in [0.5, 0.6) is 0 Å². The molecule has 0 saturated heterocycles. The summed E-state index contributed by atoms with van der Waals surface area (Å²) in [5, 5.41) is 13.5. The minimum atomic E-state index is -0.499. The van der Waals surface area contributed by atoms with Crippen molar-refractivity contribution >= 4 is 28.9 Å². The predicted molar refractivity (Wildman–Crippen MR) is 106 cm³/mol. The maximum absolute atomic E-state index is 12.7. The molecule has 1 aliphatic carbocycles. The zero-order valence-electron chi connectivity index (χ0n) is 15.4. The van der Waals surface area contributed by atoms with E-state index in [0.717, 1.165) is 43.4 Å². The normalized spacial score (nSPS) is 16.1. The van der Waals surface area contributed by atoms with Gasteiger partial charge >= 0.3 is 0 Å². The van der Waals surface area contributed by atoms with E-state index in [1.165, 1.54) is 24.3 Å². The molecular weight excluding hydrogens is 358 g/mol. The molecule has 1 saturated carbocycles. The Morgan fingerprint density at radius 2 is 1.79 bits per heavy atom. The summed E-state index contributed by atoms with van der Waals surface area (Å²) in [5.41, 5.74) is 2.93. The molecule has 144 valence electrons. The molecule has 0 spiro atoms. The number of hydrogen-bond donors (Lipinski definition) is 1. The molecule has 2 amide bonds. The van der Waals surface area contributed by atoms with Gasteiger partial charge in [0.05, 0.1) is 4.92 Å². The zero-order valence-corrected chi connectivity index (χ0v) is 15.4. The third-order valence-corrected chi connectivity index (χ3v) is 5.54. The number of nitro benzene ring substituents is 1. The number of rotatable bonds is 4. The van der Waals surface area contributed by atoms with Gasteiger partial charge in [-0.15, -0.1) is 0 Å². The third-order valence-electron chi connectivity index (χ3n) is 5.54. The van der Waals surface area contributed by atoms with Crippen LogP contribution in [-0.2, 0) is 11.2 Å². The molecule has 0 radical (unpaired) electrons. The Balaban J connectivity index is 1.46. The van der Waals surface area contributed by atoms with Crippen molar-refractivity contribution in [1.29, 1.82) is 0 Å². The number of hydrogen-bond acceptors (Lipinski definition) is 4. The number of benzene rings is 2. The highest BCUT2D eigenvalue weighted by Crippen LogP contribution is 2.35. The lowest BCUT2D eigenvalue weighted by Gasteiger charge is -2.21. The molecule has 0 atom stereocenters. The van der Waals surface area contributed by atoms with Crippen molar-refractivity contribution in [3.05, 3.63) is 63.7 Å². The van der Waals surface area contributed by atoms with Crippen LogP contribution in [0, 0.1) is 16.0 Å². The van der Waals surface area contributed by atoms with Gasteiger partial charge in [0.2, 0.25) is 5.91 Å². The summed E-state index contributed by atoms with van der Waals surface area (Å²) in [5.74, 6) is 0.0399. The Hall–Kier alpha value is -3.22. The molecule has 1 aliphatic heterocycles. The van der Waals surface area contributed by atoms with Crippen LogP contribution in [-0.4, -0.2) is 23.3 Å². The van der Waals surface area contributed by atoms with Crippen LogP contribution in [0.1, 0.15) is 41.6 Å². The summed E-state index contributed by atoms with van der Waals surface area (Å²) in [6.07, 6.45) is 4.99. The molecule has 0 bridgehead atoms. The lowest BCUT2D eigenvalue weighted by atomic mass is 10.1. The Kier molecular flexibility index (Phi) is 4.81. The SMILES string of the molecule is O=C(Nc1ccc2c(c1)CCN2C(=O)C1CCCC1)c1ccc([N+](=O)[O-])cc1. The molecule has 0 unspecified atom stereocenters. The van der Waals surface area contributed by atoms with Gasteiger partial charge in [-0.25, -0.2) is 0 Å². The fourth-order valence-corrected chi connectivity index (χ4v) is 4.04. The van der Waals surface area contributed by atoms with Gasteiger partial charge in [-0.1, -0.05) is 12.8 Å². The lowest BCUT2D eigenvalue weighted by molar-refractivity contribution is -0.384. The standard InChI is InChI=1S/C21H21N3O4/c25-20(14-5-8-18(9-6-14)24(27)28)22-17-7-10-19-16(13-17)11-12-23(19)21(26)15-3-1-2-4-15/h5-10,13,15H,1-4,11-12H2,(H,22,25). The van der Waals surface area contributed by atoms with Crippen molar-refractivity contribution in [2.45, 2.75) is 32.1 Å². The van der Waals surface area contributed by atoms with Gasteiger partial charge in [0, 0.05) is 41.5 Å². The Bertz CT molecular complexity index is 933. The number of nitrogens with one attached hydrogen (secondary N) is 1. The van der Waals surface area contributed by atoms with Crippen LogP contribution in [0.4, 0.5) is 17.1 Å². The summed E-state index contributed by atoms with van der Waals surface area (Å²) >= 11 is 0. The summed E-state index contributed by atoms with van der Waals surface area (Å²) in [6, 6.07) is 11.1. The number of amides is 2. The van der Waals surface area contributed by atoms with Gasteiger partial charge in [0.25, 0.3) is 11.6 Å². The average molecular weight is 379 g/mol.